The average molecular weight is 226 g/mol. The number of fused-ring (bicyclic) bond motifs is 1. The molecule has 0 aliphatic carbocycles. The van der Waals surface area contributed by atoms with Crippen molar-refractivity contribution in [3.05, 3.63) is 29.3 Å². The summed E-state index contributed by atoms with van der Waals surface area (Å²) in [4.78, 5) is 10.5. The SMILES string of the molecule is NC1=NS(=O)(=O)c2cc(C(=O)O)ccc21. The highest BCUT2D eigenvalue weighted by Gasteiger charge is 2.28. The Balaban J connectivity index is 2.73. The Labute approximate surface area is 85.1 Å². The molecular weight excluding hydrogens is 220 g/mol. The summed E-state index contributed by atoms with van der Waals surface area (Å²) < 4.78 is 26.0. The second kappa shape index (κ2) is 2.80. The Hall–Kier alpha value is -1.89. The van der Waals surface area contributed by atoms with Crippen molar-refractivity contribution in [3.63, 3.8) is 0 Å². The van der Waals surface area contributed by atoms with Crippen LogP contribution in [0.15, 0.2) is 27.5 Å². The van der Waals surface area contributed by atoms with Crippen LogP contribution in [0.4, 0.5) is 0 Å². The minimum absolute atomic E-state index is 0.109. The van der Waals surface area contributed by atoms with Crippen LogP contribution in [-0.4, -0.2) is 25.3 Å². The van der Waals surface area contributed by atoms with Crippen LogP contribution in [-0.2, 0) is 10.0 Å². The van der Waals surface area contributed by atoms with Crippen LogP contribution in [0.1, 0.15) is 15.9 Å². The van der Waals surface area contributed by atoms with Gasteiger partial charge in [0, 0.05) is 5.56 Å². The minimum atomic E-state index is -3.81. The molecule has 1 heterocycles. The predicted molar refractivity (Wildman–Crippen MR) is 51.3 cm³/mol. The number of hydrogen-bond donors (Lipinski definition) is 2. The van der Waals surface area contributed by atoms with Gasteiger partial charge in [-0.3, -0.25) is 0 Å². The smallest absolute Gasteiger partial charge is 0.335 e. The third-order valence-electron chi connectivity index (χ3n) is 2.00. The van der Waals surface area contributed by atoms with E-state index in [9.17, 15) is 13.2 Å². The molecule has 1 aliphatic heterocycles. The Morgan fingerprint density at radius 1 is 1.40 bits per heavy atom. The summed E-state index contributed by atoms with van der Waals surface area (Å²) in [5.41, 5.74) is 5.51. The summed E-state index contributed by atoms with van der Waals surface area (Å²) in [5, 5.41) is 8.69. The summed E-state index contributed by atoms with van der Waals surface area (Å²) >= 11 is 0. The van der Waals surface area contributed by atoms with Crippen molar-refractivity contribution in [2.24, 2.45) is 10.1 Å². The largest absolute Gasteiger partial charge is 0.478 e. The van der Waals surface area contributed by atoms with E-state index in [-0.39, 0.29) is 21.9 Å². The van der Waals surface area contributed by atoms with E-state index >= 15 is 0 Å². The van der Waals surface area contributed by atoms with E-state index in [0.717, 1.165) is 6.07 Å². The number of hydrogen-bond acceptors (Lipinski definition) is 4. The highest BCUT2D eigenvalue weighted by molar-refractivity contribution is 7.90. The van der Waals surface area contributed by atoms with E-state index in [1.807, 2.05) is 0 Å². The van der Waals surface area contributed by atoms with E-state index in [1.54, 1.807) is 0 Å². The topological polar surface area (TPSA) is 110 Å². The zero-order chi connectivity index (χ0) is 11.2. The van der Waals surface area contributed by atoms with Crippen molar-refractivity contribution in [1.82, 2.24) is 0 Å². The lowest BCUT2D eigenvalue weighted by atomic mass is 10.1. The van der Waals surface area contributed by atoms with Crippen LogP contribution >= 0.6 is 0 Å². The monoisotopic (exact) mass is 226 g/mol. The quantitative estimate of drug-likeness (QED) is 0.688. The molecule has 0 unspecified atom stereocenters. The van der Waals surface area contributed by atoms with Gasteiger partial charge in [0.05, 0.1) is 5.56 Å². The molecule has 0 atom stereocenters. The van der Waals surface area contributed by atoms with Gasteiger partial charge < -0.3 is 10.8 Å². The lowest BCUT2D eigenvalue weighted by molar-refractivity contribution is 0.0696. The molecule has 3 N–H and O–H groups in total. The number of rotatable bonds is 1. The Morgan fingerprint density at radius 3 is 2.67 bits per heavy atom. The van der Waals surface area contributed by atoms with Crippen molar-refractivity contribution in [2.75, 3.05) is 0 Å². The summed E-state index contributed by atoms with van der Waals surface area (Å²) in [6.45, 7) is 0. The molecule has 0 bridgehead atoms. The molecule has 0 saturated carbocycles. The molecule has 0 amide bonds. The molecule has 6 nitrogen and oxygen atoms in total. The summed E-state index contributed by atoms with van der Waals surface area (Å²) in [6.07, 6.45) is 0. The molecule has 0 fully saturated rings. The molecule has 78 valence electrons. The normalized spacial score (nSPS) is 16.9. The fraction of sp³-hybridized carbons (Fsp3) is 0. The maximum Gasteiger partial charge on any atom is 0.335 e. The minimum Gasteiger partial charge on any atom is -0.478 e. The first-order valence-corrected chi connectivity index (χ1v) is 5.34. The number of carboxylic acids is 1. The highest BCUT2D eigenvalue weighted by atomic mass is 32.2. The van der Waals surface area contributed by atoms with Gasteiger partial charge in [0.25, 0.3) is 10.0 Å². The number of carbonyl (C=O) groups is 1. The predicted octanol–water partition coefficient (Wildman–Crippen LogP) is -0.208. The van der Waals surface area contributed by atoms with Gasteiger partial charge in [-0.05, 0) is 18.2 Å². The Morgan fingerprint density at radius 2 is 2.07 bits per heavy atom. The molecule has 0 spiro atoms. The number of carboxylic acid groups (broad SMARTS) is 1. The first-order chi connectivity index (χ1) is 6.92. The molecule has 1 aliphatic rings. The molecule has 7 heteroatoms. The molecule has 1 aromatic rings. The van der Waals surface area contributed by atoms with E-state index in [1.165, 1.54) is 12.1 Å². The molecule has 0 aromatic heterocycles. The second-order valence-corrected chi connectivity index (χ2v) is 4.54. The molecule has 2 rings (SSSR count). The molecule has 0 radical (unpaired) electrons. The van der Waals surface area contributed by atoms with E-state index in [4.69, 9.17) is 10.8 Å². The van der Waals surface area contributed by atoms with Crippen molar-refractivity contribution >= 4 is 21.8 Å². The number of amidine groups is 1. The van der Waals surface area contributed by atoms with Gasteiger partial charge in [0.2, 0.25) is 0 Å². The fourth-order valence-electron chi connectivity index (χ4n) is 1.31. The highest BCUT2D eigenvalue weighted by Crippen LogP contribution is 2.25. The number of nitrogens with zero attached hydrogens (tertiary/aromatic N) is 1. The van der Waals surface area contributed by atoms with Gasteiger partial charge in [-0.1, -0.05) is 0 Å². The number of aromatic carboxylic acids is 1. The Kier molecular flexibility index (Phi) is 1.80. The third-order valence-corrected chi connectivity index (χ3v) is 3.33. The van der Waals surface area contributed by atoms with Crippen LogP contribution in [0.25, 0.3) is 0 Å². The van der Waals surface area contributed by atoms with Crippen LogP contribution in [0, 0.1) is 0 Å². The summed E-state index contributed by atoms with van der Waals surface area (Å²) in [7, 11) is -3.81. The van der Waals surface area contributed by atoms with E-state index in [2.05, 4.69) is 4.40 Å². The number of nitrogens with two attached hydrogens (primary N) is 1. The van der Waals surface area contributed by atoms with Crippen molar-refractivity contribution in [2.45, 2.75) is 4.90 Å². The third kappa shape index (κ3) is 1.37. The van der Waals surface area contributed by atoms with Crippen LogP contribution in [0.3, 0.4) is 0 Å². The van der Waals surface area contributed by atoms with Gasteiger partial charge in [0.1, 0.15) is 10.7 Å². The molecule has 15 heavy (non-hydrogen) atoms. The summed E-state index contributed by atoms with van der Waals surface area (Å²) in [6, 6.07) is 3.67. The van der Waals surface area contributed by atoms with Crippen LogP contribution in [0.2, 0.25) is 0 Å². The van der Waals surface area contributed by atoms with Crippen molar-refractivity contribution in [3.8, 4) is 0 Å². The molecule has 1 aromatic carbocycles. The zero-order valence-corrected chi connectivity index (χ0v) is 8.15. The standard InChI is InChI=1S/C8H6N2O4S/c9-7-5-2-1-4(8(11)12)3-6(5)15(13,14)10-7/h1-3H,(H2,9,10)(H,11,12). The first-order valence-electron chi connectivity index (χ1n) is 3.90. The van der Waals surface area contributed by atoms with E-state index in [0.29, 0.717) is 0 Å². The Bertz CT molecular complexity index is 589. The molecular formula is C8H6N2O4S. The van der Waals surface area contributed by atoms with Gasteiger partial charge in [-0.25, -0.2) is 4.79 Å². The molecule has 0 saturated heterocycles. The lowest BCUT2D eigenvalue weighted by Crippen LogP contribution is -2.10. The summed E-state index contributed by atoms with van der Waals surface area (Å²) in [5.74, 6) is -1.31. The maximum absolute atomic E-state index is 11.4. The van der Waals surface area contributed by atoms with Gasteiger partial charge in [-0.15, -0.1) is 4.40 Å². The second-order valence-electron chi connectivity index (χ2n) is 2.97. The van der Waals surface area contributed by atoms with Gasteiger partial charge >= 0.3 is 5.97 Å². The average Bonchev–Trinajstić information content (AvgIpc) is 2.37. The first kappa shape index (κ1) is 9.66. The van der Waals surface area contributed by atoms with Gasteiger partial charge in [-0.2, -0.15) is 8.42 Å². The fourth-order valence-corrected chi connectivity index (χ4v) is 2.49. The van der Waals surface area contributed by atoms with Gasteiger partial charge in [0.15, 0.2) is 0 Å². The lowest BCUT2D eigenvalue weighted by Gasteiger charge is -1.99. The van der Waals surface area contributed by atoms with Crippen molar-refractivity contribution < 1.29 is 18.3 Å². The van der Waals surface area contributed by atoms with E-state index < -0.39 is 16.0 Å². The number of sulfonamides is 1. The van der Waals surface area contributed by atoms with Crippen molar-refractivity contribution in [1.29, 1.82) is 0 Å². The number of benzene rings is 1. The zero-order valence-electron chi connectivity index (χ0n) is 7.34. The van der Waals surface area contributed by atoms with Crippen LogP contribution < -0.4 is 5.73 Å². The van der Waals surface area contributed by atoms with Crippen LogP contribution in [0.5, 0.6) is 0 Å². The maximum atomic E-state index is 11.4.